The van der Waals surface area contributed by atoms with E-state index in [0.717, 1.165) is 71.7 Å². The highest BCUT2D eigenvalue weighted by Gasteiger charge is 2.50. The maximum atomic E-state index is 14.4. The van der Waals surface area contributed by atoms with Gasteiger partial charge in [-0.3, -0.25) is 4.79 Å². The van der Waals surface area contributed by atoms with Gasteiger partial charge in [0.05, 0.1) is 52.3 Å². The largest absolute Gasteiger partial charge is 0.497 e. The van der Waals surface area contributed by atoms with Crippen molar-refractivity contribution in [3.8, 4) is 11.5 Å². The molecule has 0 saturated carbocycles. The first-order valence-corrected chi connectivity index (χ1v) is 20.5. The zero-order valence-electron chi connectivity index (χ0n) is 34.6. The third-order valence-electron chi connectivity index (χ3n) is 11.8. The van der Waals surface area contributed by atoms with Gasteiger partial charge in [0.1, 0.15) is 35.9 Å². The van der Waals surface area contributed by atoms with Crippen LogP contribution in [0.3, 0.4) is 0 Å². The van der Waals surface area contributed by atoms with Crippen LogP contribution in [0, 0.1) is 0 Å². The molecule has 0 aromatic heterocycles. The zero-order chi connectivity index (χ0) is 40.9. The minimum absolute atomic E-state index is 0.0174. The Morgan fingerprint density at radius 3 is 1.83 bits per heavy atom. The molecule has 10 nitrogen and oxygen atoms in total. The van der Waals surface area contributed by atoms with E-state index in [4.69, 9.17) is 28.4 Å². The highest BCUT2D eigenvalue weighted by atomic mass is 16.6. The van der Waals surface area contributed by atoms with Crippen LogP contribution in [-0.4, -0.2) is 91.3 Å². The normalized spacial score (nSPS) is 18.6. The quantitative estimate of drug-likeness (QED) is 0.0859. The van der Waals surface area contributed by atoms with Gasteiger partial charge in [-0.2, -0.15) is 0 Å². The minimum Gasteiger partial charge on any atom is -0.497 e. The average Bonchev–Trinajstić information content (AvgIpc) is 3.89. The Kier molecular flexibility index (Phi) is 15.4. The number of aliphatic hydroxyl groups is 1. The summed E-state index contributed by atoms with van der Waals surface area (Å²) in [4.78, 5) is 18.5. The summed E-state index contributed by atoms with van der Waals surface area (Å²) in [6, 6.07) is 34.5. The van der Waals surface area contributed by atoms with E-state index in [-0.39, 0.29) is 38.3 Å². The summed E-state index contributed by atoms with van der Waals surface area (Å²) in [6.45, 7) is 6.26. The molecule has 0 bridgehead atoms. The van der Waals surface area contributed by atoms with Gasteiger partial charge in [0.15, 0.2) is 0 Å². The number of nitrogens with zero attached hydrogens (tertiary/aromatic N) is 2. The highest BCUT2D eigenvalue weighted by Crippen LogP contribution is 2.41. The van der Waals surface area contributed by atoms with E-state index in [0.29, 0.717) is 6.61 Å². The topological polar surface area (TPSA) is 99.2 Å². The number of hydrogen-bond donors (Lipinski definition) is 1. The average molecular weight is 793 g/mol. The van der Waals surface area contributed by atoms with Crippen molar-refractivity contribution in [1.82, 2.24) is 9.80 Å². The van der Waals surface area contributed by atoms with Crippen molar-refractivity contribution >= 4 is 5.91 Å². The van der Waals surface area contributed by atoms with Crippen molar-refractivity contribution in [2.75, 3.05) is 34.5 Å². The first kappa shape index (κ1) is 42.9. The van der Waals surface area contributed by atoms with Gasteiger partial charge < -0.3 is 43.3 Å². The molecule has 10 heteroatoms. The van der Waals surface area contributed by atoms with Crippen LogP contribution in [0.1, 0.15) is 61.8 Å². The molecule has 0 unspecified atom stereocenters. The van der Waals surface area contributed by atoms with E-state index in [2.05, 4.69) is 18.7 Å². The van der Waals surface area contributed by atoms with Crippen molar-refractivity contribution in [3.05, 3.63) is 143 Å². The van der Waals surface area contributed by atoms with E-state index in [1.165, 1.54) is 0 Å². The Hall–Kier alpha value is -4.71. The fraction of sp³-hybridized carbons (Fsp3) is 0.438. The lowest BCUT2D eigenvalue weighted by atomic mass is 9.85. The zero-order valence-corrected chi connectivity index (χ0v) is 34.6. The Balaban J connectivity index is 1.38. The summed E-state index contributed by atoms with van der Waals surface area (Å²) in [5.74, 6) is 1.32. The lowest BCUT2D eigenvalue weighted by Crippen LogP contribution is -2.57. The van der Waals surface area contributed by atoms with Crippen LogP contribution in [0.4, 0.5) is 0 Å². The standard InChI is InChI=1S/C48H60N2O8/c1-6-48(7-2,55-5)43-19-14-28-49(43)41-29-44(51)50(30-35-20-24-39(53-3)25-21-35)45(41)46(52)47(58-33-37-17-12-9-13-18-37)42(57-32-36-15-10-8-11-16-36)34-56-31-38-22-26-40(54-4)27-23-38/h8-13,15-18,20-27,29,42-43,45-47,52H,6-7,14,19,28,30-34H2,1-5H3/t42-,43-,45+,46+,47+/m0/s1. The summed E-state index contributed by atoms with van der Waals surface area (Å²) in [5.41, 5.74) is 4.16. The van der Waals surface area contributed by atoms with E-state index < -0.39 is 30.0 Å². The van der Waals surface area contributed by atoms with Gasteiger partial charge in [0.25, 0.3) is 0 Å². The molecule has 1 amide bonds. The fourth-order valence-electron chi connectivity index (χ4n) is 8.48. The number of carbonyl (C=O) groups is 1. The summed E-state index contributed by atoms with van der Waals surface area (Å²) in [7, 11) is 5.06. The molecule has 4 aromatic rings. The van der Waals surface area contributed by atoms with Crippen molar-refractivity contribution in [2.45, 2.75) is 102 Å². The van der Waals surface area contributed by atoms with E-state index in [9.17, 15) is 9.90 Å². The number of carbonyl (C=O) groups excluding carboxylic acids is 1. The molecule has 4 aromatic carbocycles. The molecule has 2 aliphatic heterocycles. The molecule has 310 valence electrons. The minimum atomic E-state index is -1.22. The van der Waals surface area contributed by atoms with Crippen LogP contribution in [0.25, 0.3) is 0 Å². The van der Waals surface area contributed by atoms with Gasteiger partial charge in [-0.15, -0.1) is 0 Å². The molecule has 0 radical (unpaired) electrons. The predicted octanol–water partition coefficient (Wildman–Crippen LogP) is 7.72. The van der Waals surface area contributed by atoms with Gasteiger partial charge in [0, 0.05) is 32.0 Å². The monoisotopic (exact) mass is 792 g/mol. The molecule has 1 N–H and O–H groups in total. The van der Waals surface area contributed by atoms with Crippen LogP contribution in [0.15, 0.2) is 121 Å². The molecule has 1 fully saturated rings. The number of ether oxygens (including phenoxy) is 6. The summed E-state index contributed by atoms with van der Waals surface area (Å²) >= 11 is 0. The summed E-state index contributed by atoms with van der Waals surface area (Å²) in [5, 5.41) is 13.1. The van der Waals surface area contributed by atoms with Gasteiger partial charge in [-0.1, -0.05) is 98.8 Å². The van der Waals surface area contributed by atoms with Crippen LogP contribution in [0.5, 0.6) is 11.5 Å². The Morgan fingerprint density at radius 1 is 0.724 bits per heavy atom. The van der Waals surface area contributed by atoms with E-state index in [1.807, 2.05) is 109 Å². The van der Waals surface area contributed by atoms with Crippen LogP contribution < -0.4 is 9.47 Å². The Morgan fingerprint density at radius 2 is 1.28 bits per heavy atom. The fourth-order valence-corrected chi connectivity index (χ4v) is 8.48. The Labute approximate surface area is 344 Å². The second-order valence-electron chi connectivity index (χ2n) is 15.1. The summed E-state index contributed by atoms with van der Waals surface area (Å²) < 4.78 is 37.0. The van der Waals surface area contributed by atoms with Crippen molar-refractivity contribution in [1.29, 1.82) is 0 Å². The van der Waals surface area contributed by atoms with Gasteiger partial charge in [-0.25, -0.2) is 0 Å². The van der Waals surface area contributed by atoms with E-state index in [1.54, 1.807) is 32.3 Å². The molecule has 0 spiro atoms. The second-order valence-corrected chi connectivity index (χ2v) is 15.1. The van der Waals surface area contributed by atoms with Crippen LogP contribution in [-0.2, 0) is 50.1 Å². The smallest absolute Gasteiger partial charge is 0.249 e. The maximum Gasteiger partial charge on any atom is 0.249 e. The lowest BCUT2D eigenvalue weighted by molar-refractivity contribution is -0.167. The highest BCUT2D eigenvalue weighted by molar-refractivity contribution is 5.92. The molecule has 2 heterocycles. The second kappa shape index (κ2) is 20.8. The third kappa shape index (κ3) is 10.3. The number of amides is 1. The number of rotatable bonds is 22. The molecule has 6 rings (SSSR count). The molecule has 1 saturated heterocycles. The molecule has 5 atom stereocenters. The van der Waals surface area contributed by atoms with Crippen molar-refractivity contribution < 1.29 is 38.3 Å². The molecule has 0 aliphatic carbocycles. The molecular weight excluding hydrogens is 733 g/mol. The van der Waals surface area contributed by atoms with Gasteiger partial charge >= 0.3 is 0 Å². The van der Waals surface area contributed by atoms with Crippen molar-refractivity contribution in [2.24, 2.45) is 0 Å². The predicted molar refractivity (Wildman–Crippen MR) is 224 cm³/mol. The number of methoxy groups -OCH3 is 3. The number of benzene rings is 4. The first-order chi connectivity index (χ1) is 28.3. The maximum absolute atomic E-state index is 14.4. The Bertz CT molecular complexity index is 1860. The summed E-state index contributed by atoms with van der Waals surface area (Å²) in [6.07, 6.45) is 2.35. The van der Waals surface area contributed by atoms with Crippen molar-refractivity contribution in [3.63, 3.8) is 0 Å². The third-order valence-corrected chi connectivity index (χ3v) is 11.8. The van der Waals surface area contributed by atoms with Crippen LogP contribution in [0.2, 0.25) is 0 Å². The van der Waals surface area contributed by atoms with Crippen LogP contribution >= 0.6 is 0 Å². The van der Waals surface area contributed by atoms with E-state index >= 15 is 0 Å². The van der Waals surface area contributed by atoms with Gasteiger partial charge in [0.2, 0.25) is 5.91 Å². The lowest BCUT2D eigenvalue weighted by Gasteiger charge is -2.45. The number of likely N-dealkylation sites (tertiary alicyclic amines) is 1. The molecular formula is C48H60N2O8. The SMILES string of the molecule is CCC(CC)(OC)[C@@H]1CCCN1C1=CC(=O)N(Cc2ccc(OC)cc2)[C@H]1[C@@H](O)[C@H](OCc1ccccc1)[C@H](COCc1ccc(OC)cc1)OCc1ccccc1. The number of hydrogen-bond acceptors (Lipinski definition) is 9. The van der Waals surface area contributed by atoms with Gasteiger partial charge in [-0.05, 0) is 72.2 Å². The number of aliphatic hydroxyl groups excluding tert-OH is 1. The molecule has 2 aliphatic rings. The molecule has 58 heavy (non-hydrogen) atoms. The first-order valence-electron chi connectivity index (χ1n) is 20.5.